The van der Waals surface area contributed by atoms with Crippen LogP contribution in [0.2, 0.25) is 0 Å². The first kappa shape index (κ1) is 21.7. The molecule has 2 aliphatic heterocycles. The number of halogens is 1. The van der Waals surface area contributed by atoms with Crippen LogP contribution in [0.15, 0.2) is 30.5 Å². The molecule has 0 amide bonds. The van der Waals surface area contributed by atoms with Gasteiger partial charge in [0, 0.05) is 53.7 Å². The molecule has 5 heterocycles. The molecule has 3 fully saturated rings. The number of likely N-dealkylation sites (tertiary alicyclic amines) is 1. The van der Waals surface area contributed by atoms with E-state index in [4.69, 9.17) is 14.7 Å². The Bertz CT molecular complexity index is 1380. The van der Waals surface area contributed by atoms with Crippen LogP contribution in [0, 0.1) is 17.7 Å². The molecule has 1 aliphatic carbocycles. The summed E-state index contributed by atoms with van der Waals surface area (Å²) in [6.07, 6.45) is 7.40. The van der Waals surface area contributed by atoms with Gasteiger partial charge in [-0.2, -0.15) is 0 Å². The Kier molecular flexibility index (Phi) is 5.48. The molecule has 35 heavy (non-hydrogen) atoms. The number of benzene rings is 1. The van der Waals surface area contributed by atoms with Crippen LogP contribution in [0.1, 0.15) is 30.6 Å². The molecule has 1 N–H and O–H groups in total. The average Bonchev–Trinajstić information content (AvgIpc) is 3.62. The minimum atomic E-state index is -0.284. The minimum Gasteiger partial charge on any atom is -0.378 e. The Balaban J connectivity index is 1.29. The molecule has 0 unspecified atom stereocenters. The fourth-order valence-electron chi connectivity index (χ4n) is 6.34. The fraction of sp³-hybridized carbons (Fsp3) is 0.481. The maximum atomic E-state index is 14.5. The van der Waals surface area contributed by atoms with E-state index in [1.54, 1.807) is 6.07 Å². The van der Waals surface area contributed by atoms with E-state index in [0.29, 0.717) is 19.0 Å². The molecule has 1 saturated carbocycles. The number of aromatic nitrogens is 3. The number of piperidine rings is 1. The van der Waals surface area contributed by atoms with Crippen LogP contribution < -0.4 is 4.90 Å². The molecule has 0 bridgehead atoms. The normalized spacial score (nSPS) is 23.4. The highest BCUT2D eigenvalue weighted by atomic mass is 32.1. The van der Waals surface area contributed by atoms with Crippen LogP contribution in [0.4, 0.5) is 10.2 Å². The average molecular weight is 492 g/mol. The minimum absolute atomic E-state index is 0.284. The van der Waals surface area contributed by atoms with Gasteiger partial charge < -0.3 is 14.6 Å². The first-order chi connectivity index (χ1) is 17.2. The number of ether oxygens (including phenoxy) is 1. The number of rotatable bonds is 4. The number of nitrogens with zero attached hydrogens (tertiary/aromatic N) is 4. The van der Waals surface area contributed by atoms with Crippen LogP contribution in [0.3, 0.4) is 0 Å². The number of anilines is 1. The second kappa shape index (κ2) is 8.84. The SMILES string of the molecule is Fc1cc(-c2nc(N3CCOCC3)c3sc(CN4CC[C@H]5CCC[C@H]5C4)cc3n2)c2cc[nH]c2c1. The molecule has 2 atom stereocenters. The maximum absolute atomic E-state index is 14.5. The number of aromatic amines is 1. The molecule has 6 nitrogen and oxygen atoms in total. The van der Waals surface area contributed by atoms with Crippen molar-refractivity contribution in [3.8, 4) is 11.4 Å². The van der Waals surface area contributed by atoms with E-state index in [0.717, 1.165) is 64.0 Å². The number of fused-ring (bicyclic) bond motifs is 3. The highest BCUT2D eigenvalue weighted by molar-refractivity contribution is 7.19. The van der Waals surface area contributed by atoms with Gasteiger partial charge in [0.2, 0.25) is 0 Å². The standard InChI is InChI=1S/C27H30FN5OS/c28-19-12-22(21-4-6-29-23(21)13-19)26-30-24-14-20(16-32-7-5-17-2-1-3-18(17)15-32)35-25(24)27(31-26)33-8-10-34-11-9-33/h4,6,12-14,17-18,29H,1-3,5,7-11,15-16H2/t17-,18+/m1/s1. The Morgan fingerprint density at radius 3 is 2.86 bits per heavy atom. The molecule has 2 saturated heterocycles. The van der Waals surface area contributed by atoms with Gasteiger partial charge in [0.25, 0.3) is 0 Å². The van der Waals surface area contributed by atoms with Crippen molar-refractivity contribution in [2.75, 3.05) is 44.3 Å². The molecule has 0 spiro atoms. The van der Waals surface area contributed by atoms with Crippen molar-refractivity contribution in [3.05, 3.63) is 41.2 Å². The van der Waals surface area contributed by atoms with E-state index < -0.39 is 0 Å². The topological polar surface area (TPSA) is 57.3 Å². The Morgan fingerprint density at radius 2 is 1.94 bits per heavy atom. The van der Waals surface area contributed by atoms with Crippen molar-refractivity contribution < 1.29 is 9.13 Å². The second-order valence-corrected chi connectivity index (χ2v) is 11.4. The van der Waals surface area contributed by atoms with Gasteiger partial charge in [0.1, 0.15) is 5.82 Å². The number of hydrogen-bond acceptors (Lipinski definition) is 6. The number of H-pyrrole nitrogens is 1. The first-order valence-corrected chi connectivity index (χ1v) is 13.7. The smallest absolute Gasteiger partial charge is 0.163 e. The Hall–Kier alpha value is -2.55. The monoisotopic (exact) mass is 491 g/mol. The lowest BCUT2D eigenvalue weighted by Gasteiger charge is -2.34. The van der Waals surface area contributed by atoms with Crippen LogP contribution in [0.25, 0.3) is 32.5 Å². The largest absolute Gasteiger partial charge is 0.378 e. The van der Waals surface area contributed by atoms with Gasteiger partial charge in [-0.3, -0.25) is 4.90 Å². The van der Waals surface area contributed by atoms with Crippen molar-refractivity contribution in [1.29, 1.82) is 0 Å². The van der Waals surface area contributed by atoms with E-state index in [1.165, 1.54) is 49.7 Å². The van der Waals surface area contributed by atoms with E-state index in [2.05, 4.69) is 20.9 Å². The molecule has 1 aromatic carbocycles. The molecule has 0 radical (unpaired) electrons. The third-order valence-corrected chi connectivity index (χ3v) is 9.20. The fourth-order valence-corrected chi connectivity index (χ4v) is 7.49. The quantitative estimate of drug-likeness (QED) is 0.412. The molecule has 8 heteroatoms. The zero-order valence-electron chi connectivity index (χ0n) is 19.8. The van der Waals surface area contributed by atoms with E-state index >= 15 is 0 Å². The van der Waals surface area contributed by atoms with Crippen molar-refractivity contribution in [2.45, 2.75) is 32.2 Å². The van der Waals surface area contributed by atoms with E-state index in [9.17, 15) is 4.39 Å². The molecular formula is C27H30FN5OS. The molecule has 3 aliphatic rings. The van der Waals surface area contributed by atoms with Crippen LogP contribution in [-0.4, -0.2) is 59.2 Å². The molecule has 3 aromatic heterocycles. The summed E-state index contributed by atoms with van der Waals surface area (Å²) < 4.78 is 21.2. The third kappa shape index (κ3) is 4.01. The van der Waals surface area contributed by atoms with Crippen molar-refractivity contribution in [3.63, 3.8) is 0 Å². The summed E-state index contributed by atoms with van der Waals surface area (Å²) in [5, 5.41) is 0.938. The third-order valence-electron chi connectivity index (χ3n) is 8.09. The molecule has 182 valence electrons. The Labute approximate surface area is 208 Å². The lowest BCUT2D eigenvalue weighted by molar-refractivity contribution is 0.122. The molecule has 7 rings (SSSR count). The first-order valence-electron chi connectivity index (χ1n) is 12.8. The summed E-state index contributed by atoms with van der Waals surface area (Å²) in [7, 11) is 0. The second-order valence-electron chi connectivity index (χ2n) is 10.3. The highest BCUT2D eigenvalue weighted by Crippen LogP contribution is 2.40. The summed E-state index contributed by atoms with van der Waals surface area (Å²) >= 11 is 1.82. The predicted octanol–water partition coefficient (Wildman–Crippen LogP) is 5.44. The zero-order chi connectivity index (χ0) is 23.4. The van der Waals surface area contributed by atoms with Crippen molar-refractivity contribution in [1.82, 2.24) is 19.9 Å². The van der Waals surface area contributed by atoms with Crippen molar-refractivity contribution >= 4 is 38.3 Å². The van der Waals surface area contributed by atoms with Crippen molar-refractivity contribution in [2.24, 2.45) is 11.8 Å². The van der Waals surface area contributed by atoms with Gasteiger partial charge in [-0.05, 0) is 55.5 Å². The molecular weight excluding hydrogens is 461 g/mol. The lowest BCUT2D eigenvalue weighted by Crippen LogP contribution is -2.37. The zero-order valence-corrected chi connectivity index (χ0v) is 20.6. The lowest BCUT2D eigenvalue weighted by atomic mass is 9.89. The summed E-state index contributed by atoms with van der Waals surface area (Å²) in [6, 6.07) is 7.29. The van der Waals surface area contributed by atoms with E-state index in [1.807, 2.05) is 23.6 Å². The van der Waals surface area contributed by atoms with Gasteiger partial charge in [0.15, 0.2) is 11.6 Å². The van der Waals surface area contributed by atoms with Gasteiger partial charge in [-0.1, -0.05) is 12.8 Å². The van der Waals surface area contributed by atoms with Gasteiger partial charge in [-0.25, -0.2) is 14.4 Å². The van der Waals surface area contributed by atoms with Crippen LogP contribution >= 0.6 is 11.3 Å². The number of thiophene rings is 1. The Morgan fingerprint density at radius 1 is 1.06 bits per heavy atom. The summed E-state index contributed by atoms with van der Waals surface area (Å²) in [5.74, 6) is 3.08. The highest BCUT2D eigenvalue weighted by Gasteiger charge is 2.33. The number of nitrogens with one attached hydrogen (secondary N) is 1. The predicted molar refractivity (Wildman–Crippen MR) is 138 cm³/mol. The van der Waals surface area contributed by atoms with E-state index in [-0.39, 0.29) is 5.82 Å². The number of hydrogen-bond donors (Lipinski definition) is 1. The molecule has 4 aromatic rings. The van der Waals surface area contributed by atoms with Gasteiger partial charge in [-0.15, -0.1) is 11.3 Å². The van der Waals surface area contributed by atoms with Gasteiger partial charge >= 0.3 is 0 Å². The maximum Gasteiger partial charge on any atom is 0.163 e. The van der Waals surface area contributed by atoms with Crippen LogP contribution in [0.5, 0.6) is 0 Å². The summed E-state index contributed by atoms with van der Waals surface area (Å²) in [4.78, 5) is 19.4. The van der Waals surface area contributed by atoms with Crippen LogP contribution in [-0.2, 0) is 11.3 Å². The summed E-state index contributed by atoms with van der Waals surface area (Å²) in [6.45, 7) is 6.38. The summed E-state index contributed by atoms with van der Waals surface area (Å²) in [5.41, 5.74) is 2.45. The van der Waals surface area contributed by atoms with Gasteiger partial charge in [0.05, 0.1) is 23.4 Å². The number of morpholine rings is 1.